The molecule has 1 aliphatic carbocycles. The fourth-order valence-electron chi connectivity index (χ4n) is 4.44. The summed E-state index contributed by atoms with van der Waals surface area (Å²) in [5.41, 5.74) is 5.36. The maximum atomic E-state index is 5.35. The summed E-state index contributed by atoms with van der Waals surface area (Å²) >= 11 is 1.75. The van der Waals surface area contributed by atoms with E-state index in [0.29, 0.717) is 12.4 Å². The van der Waals surface area contributed by atoms with Gasteiger partial charge in [0.15, 0.2) is 0 Å². The number of hydrogen-bond acceptors (Lipinski definition) is 7. The van der Waals surface area contributed by atoms with Crippen molar-refractivity contribution in [1.82, 2.24) is 25.2 Å². The van der Waals surface area contributed by atoms with Gasteiger partial charge in [-0.15, -0.1) is 11.3 Å². The lowest BCUT2D eigenvalue weighted by molar-refractivity contribution is 0.168. The van der Waals surface area contributed by atoms with Gasteiger partial charge in [0.25, 0.3) is 0 Å². The van der Waals surface area contributed by atoms with Gasteiger partial charge in [-0.2, -0.15) is 4.99 Å². The number of rotatable bonds is 8. The van der Waals surface area contributed by atoms with Crippen molar-refractivity contribution in [3.05, 3.63) is 69.5 Å². The molecular formula is C28H39N7OS. The lowest BCUT2D eigenvalue weighted by Gasteiger charge is -2.35. The highest BCUT2D eigenvalue weighted by Crippen LogP contribution is 2.26. The molecule has 1 fully saturated rings. The Balaban J connectivity index is 1.47. The molecule has 4 rings (SSSR count). The highest BCUT2D eigenvalue weighted by Gasteiger charge is 2.21. The molecule has 2 aromatic rings. The van der Waals surface area contributed by atoms with Crippen molar-refractivity contribution in [3.63, 3.8) is 0 Å². The Bertz CT molecular complexity index is 1190. The molecule has 0 bridgehead atoms. The van der Waals surface area contributed by atoms with E-state index in [-0.39, 0.29) is 0 Å². The number of nitrogens with zero attached hydrogens (tertiary/aromatic N) is 6. The monoisotopic (exact) mass is 521 g/mol. The van der Waals surface area contributed by atoms with Gasteiger partial charge in [0.05, 0.1) is 12.2 Å². The third-order valence-electron chi connectivity index (χ3n) is 6.56. The summed E-state index contributed by atoms with van der Waals surface area (Å²) in [4.78, 5) is 18.2. The number of likely N-dealkylation sites (N-methyl/N-ethyl adjacent to an activating group) is 1. The summed E-state index contributed by atoms with van der Waals surface area (Å²) in [6.07, 6.45) is 7.09. The normalized spacial score (nSPS) is 18.1. The summed E-state index contributed by atoms with van der Waals surface area (Å²) in [7, 11) is 4.24. The van der Waals surface area contributed by atoms with E-state index < -0.39 is 0 Å². The molecule has 0 spiro atoms. The second-order valence-corrected chi connectivity index (χ2v) is 10.9. The van der Waals surface area contributed by atoms with Crippen molar-refractivity contribution in [3.8, 4) is 0 Å². The molecule has 0 aromatic carbocycles. The minimum Gasteiger partial charge on any atom is -0.366 e. The lowest BCUT2D eigenvalue weighted by atomic mass is 9.97. The summed E-state index contributed by atoms with van der Waals surface area (Å²) in [6.45, 7) is 16.9. The first-order valence-corrected chi connectivity index (χ1v) is 13.7. The van der Waals surface area contributed by atoms with Crippen molar-refractivity contribution in [2.45, 2.75) is 33.7 Å². The number of guanidine groups is 1. The van der Waals surface area contributed by atoms with Crippen molar-refractivity contribution >= 4 is 28.6 Å². The lowest BCUT2D eigenvalue weighted by Crippen LogP contribution is -2.49. The molecule has 0 amide bonds. The molecule has 0 radical (unpaired) electrons. The molecule has 8 nitrogen and oxygen atoms in total. The second-order valence-electron chi connectivity index (χ2n) is 9.93. The van der Waals surface area contributed by atoms with Crippen LogP contribution < -0.4 is 5.32 Å². The maximum absolute atomic E-state index is 5.35. The third kappa shape index (κ3) is 7.50. The van der Waals surface area contributed by atoms with Crippen molar-refractivity contribution < 1.29 is 4.52 Å². The average Bonchev–Trinajstić information content (AvgIpc) is 3.45. The zero-order valence-electron chi connectivity index (χ0n) is 22.8. The third-order valence-corrected chi connectivity index (χ3v) is 7.61. The summed E-state index contributed by atoms with van der Waals surface area (Å²) < 4.78 is 5.35. The first-order valence-electron chi connectivity index (χ1n) is 12.8. The minimum atomic E-state index is 0.632. The number of hydrogen-bond donors (Lipinski definition) is 1. The zero-order valence-corrected chi connectivity index (χ0v) is 23.6. The Kier molecular flexibility index (Phi) is 9.13. The molecular weight excluding hydrogens is 482 g/mol. The van der Waals surface area contributed by atoms with Gasteiger partial charge in [-0.25, -0.2) is 4.99 Å². The number of aromatic nitrogens is 1. The Morgan fingerprint density at radius 2 is 1.97 bits per heavy atom. The highest BCUT2D eigenvalue weighted by atomic mass is 32.1. The van der Waals surface area contributed by atoms with Gasteiger partial charge < -0.3 is 19.6 Å². The highest BCUT2D eigenvalue weighted by molar-refractivity contribution is 7.10. The number of nitrogens with one attached hydrogen (secondary N) is 1. The van der Waals surface area contributed by atoms with E-state index in [1.165, 1.54) is 10.4 Å². The average molecular weight is 522 g/mol. The van der Waals surface area contributed by atoms with Crippen LogP contribution in [0.1, 0.15) is 33.9 Å². The van der Waals surface area contributed by atoms with E-state index in [9.17, 15) is 0 Å². The van der Waals surface area contributed by atoms with E-state index in [2.05, 4.69) is 82.4 Å². The summed E-state index contributed by atoms with van der Waals surface area (Å²) in [5, 5.41) is 9.62. The predicted molar refractivity (Wildman–Crippen MR) is 154 cm³/mol. The number of aryl methyl sites for hydroxylation is 3. The molecule has 1 aliphatic heterocycles. The summed E-state index contributed by atoms with van der Waals surface area (Å²) in [6, 6.07) is 2.19. The van der Waals surface area contributed by atoms with Crippen LogP contribution in [-0.2, 0) is 6.54 Å². The fourth-order valence-corrected chi connectivity index (χ4v) is 5.26. The molecule has 0 unspecified atom stereocenters. The van der Waals surface area contributed by atoms with Crippen LogP contribution in [0.25, 0.3) is 5.57 Å². The molecule has 2 aromatic heterocycles. The molecule has 1 N–H and O–H groups in total. The maximum Gasteiger partial charge on any atom is 0.227 e. The van der Waals surface area contributed by atoms with E-state index >= 15 is 0 Å². The van der Waals surface area contributed by atoms with Crippen molar-refractivity contribution in [1.29, 1.82) is 0 Å². The molecule has 3 heterocycles. The fraction of sp³-hybridized carbons (Fsp3) is 0.464. The SMILES string of the molecule is C=C(/N=C(\N=C1\C=CC(c2c(C)noc2C)=CC1)N1CCN(CCN(C)C)CC1)NCc1cc(C)cs1. The molecule has 0 atom stereocenters. The topological polar surface area (TPSA) is 72.5 Å². The predicted octanol–water partition coefficient (Wildman–Crippen LogP) is 4.24. The molecule has 0 saturated carbocycles. The largest absolute Gasteiger partial charge is 0.366 e. The van der Waals surface area contributed by atoms with Gasteiger partial charge in [0.1, 0.15) is 11.6 Å². The van der Waals surface area contributed by atoms with Crippen molar-refractivity contribution in [2.24, 2.45) is 9.98 Å². The van der Waals surface area contributed by atoms with Crippen LogP contribution in [0.4, 0.5) is 0 Å². The van der Waals surface area contributed by atoms with E-state index in [4.69, 9.17) is 14.5 Å². The van der Waals surface area contributed by atoms with Crippen molar-refractivity contribution in [2.75, 3.05) is 53.4 Å². The van der Waals surface area contributed by atoms with Crippen LogP contribution in [0.3, 0.4) is 0 Å². The Morgan fingerprint density at radius 1 is 1.19 bits per heavy atom. The van der Waals surface area contributed by atoms with Gasteiger partial charge in [-0.1, -0.05) is 23.9 Å². The quantitative estimate of drug-likeness (QED) is 0.414. The Labute approximate surface area is 224 Å². The smallest absolute Gasteiger partial charge is 0.227 e. The minimum absolute atomic E-state index is 0.632. The van der Waals surface area contributed by atoms with Crippen LogP contribution in [0, 0.1) is 20.8 Å². The van der Waals surface area contributed by atoms with Crippen LogP contribution in [0.5, 0.6) is 0 Å². The Hall–Kier alpha value is -3.01. The number of allylic oxidation sites excluding steroid dienone is 4. The van der Waals surface area contributed by atoms with Crippen LogP contribution in [-0.4, -0.2) is 84.9 Å². The first-order chi connectivity index (χ1) is 17.8. The summed E-state index contributed by atoms with van der Waals surface area (Å²) in [5.74, 6) is 2.19. The van der Waals surface area contributed by atoms with E-state index in [0.717, 1.165) is 80.0 Å². The molecule has 9 heteroatoms. The Morgan fingerprint density at radius 3 is 2.57 bits per heavy atom. The van der Waals surface area contributed by atoms with Crippen LogP contribution in [0.2, 0.25) is 0 Å². The van der Waals surface area contributed by atoms with Gasteiger partial charge >= 0.3 is 0 Å². The second kappa shape index (κ2) is 12.5. The van der Waals surface area contributed by atoms with E-state index in [1.54, 1.807) is 11.3 Å². The van der Waals surface area contributed by atoms with Gasteiger partial charge in [-0.3, -0.25) is 4.90 Å². The molecule has 2 aliphatic rings. The number of aliphatic imine (C=N–C) groups is 2. The standard InChI is InChI=1S/C28H39N7OS/c1-20-17-26(37-19-20)18-29-23(4)30-28(35-15-13-34(14-16-35)12-11-33(5)6)31-25-9-7-24(8-10-25)27-21(2)32-36-22(27)3/h7-9,17,19,29H,4,10-16,18H2,1-3,5-6H3/b30-28+,31-25-. The first kappa shape index (κ1) is 27.0. The molecule has 1 saturated heterocycles. The van der Waals surface area contributed by atoms with Gasteiger partial charge in [0, 0.05) is 61.8 Å². The number of piperazine rings is 1. The number of thiophene rings is 1. The zero-order chi connectivity index (χ0) is 26.4. The molecule has 198 valence electrons. The van der Waals surface area contributed by atoms with Crippen LogP contribution >= 0.6 is 11.3 Å². The van der Waals surface area contributed by atoms with Gasteiger partial charge in [-0.05, 0) is 63.5 Å². The molecule has 37 heavy (non-hydrogen) atoms. The van der Waals surface area contributed by atoms with E-state index in [1.807, 2.05) is 13.8 Å². The van der Waals surface area contributed by atoms with Gasteiger partial charge in [0.2, 0.25) is 5.96 Å². The van der Waals surface area contributed by atoms with Crippen LogP contribution in [0.15, 0.2) is 56.6 Å².